The average Bonchev–Trinajstić information content (AvgIpc) is 2.57. The van der Waals surface area contributed by atoms with Crippen molar-refractivity contribution in [2.45, 2.75) is 66.0 Å². The van der Waals surface area contributed by atoms with E-state index in [-0.39, 0.29) is 12.6 Å². The molecule has 0 atom stereocenters. The van der Waals surface area contributed by atoms with E-state index < -0.39 is 0 Å². The summed E-state index contributed by atoms with van der Waals surface area (Å²) in [6, 6.07) is 0. The van der Waals surface area contributed by atoms with Crippen LogP contribution >= 0.6 is 41.2 Å². The third-order valence-electron chi connectivity index (χ3n) is 2.87. The molecule has 0 bridgehead atoms. The van der Waals surface area contributed by atoms with Gasteiger partial charge in [-0.1, -0.05) is 21.6 Å². The van der Waals surface area contributed by atoms with Crippen LogP contribution in [0.2, 0.25) is 0 Å². The first-order chi connectivity index (χ1) is 11.8. The molecule has 0 amide bonds. The Kier molecular flexibility index (Phi) is 21.6. The highest BCUT2D eigenvalue weighted by Gasteiger charge is 2.08. The fraction of sp³-hybridized carbons (Fsp3) is 1.00. The Morgan fingerprint density at radius 1 is 0.583 bits per heavy atom. The molecule has 24 heavy (non-hydrogen) atoms. The molecule has 0 aliphatic heterocycles. The highest BCUT2D eigenvalue weighted by atomic mass is 33.7. The summed E-state index contributed by atoms with van der Waals surface area (Å²) < 4.78 is 22.2. The molecular formula is C16H34O4S4. The molecule has 0 aromatic heterocycles. The molecule has 0 unspecified atom stereocenters. The lowest BCUT2D eigenvalue weighted by atomic mass is 10.3. The molecule has 0 aliphatic carbocycles. The molecule has 0 N–H and O–H groups in total. The van der Waals surface area contributed by atoms with Crippen LogP contribution in [0.1, 0.15) is 53.4 Å². The van der Waals surface area contributed by atoms with E-state index in [1.807, 2.05) is 68.9 Å². The van der Waals surface area contributed by atoms with Crippen LogP contribution in [0, 0.1) is 0 Å². The smallest absolute Gasteiger partial charge is 0.157 e. The predicted molar refractivity (Wildman–Crippen MR) is 113 cm³/mol. The summed E-state index contributed by atoms with van der Waals surface area (Å²) in [6.45, 7) is 10.9. The van der Waals surface area contributed by atoms with Gasteiger partial charge < -0.3 is 18.9 Å². The number of rotatable bonds is 19. The molecule has 0 aromatic rings. The lowest BCUT2D eigenvalue weighted by molar-refractivity contribution is -0.139. The SMILES string of the molecule is CCOC(CCCSSSSCCCC(OCC)OCC)OCC. The zero-order valence-electron chi connectivity index (χ0n) is 15.5. The maximum atomic E-state index is 5.54. The molecule has 0 aliphatic rings. The van der Waals surface area contributed by atoms with Crippen molar-refractivity contribution < 1.29 is 18.9 Å². The van der Waals surface area contributed by atoms with E-state index in [1.54, 1.807) is 0 Å². The van der Waals surface area contributed by atoms with Gasteiger partial charge >= 0.3 is 0 Å². The lowest BCUT2D eigenvalue weighted by Gasteiger charge is -2.16. The summed E-state index contributed by atoms with van der Waals surface area (Å²) in [5.74, 6) is 2.26. The normalized spacial score (nSPS) is 11.8. The van der Waals surface area contributed by atoms with Crippen LogP contribution < -0.4 is 0 Å². The second kappa shape index (κ2) is 20.6. The third-order valence-corrected chi connectivity index (χ3v) is 9.50. The van der Waals surface area contributed by atoms with Crippen molar-refractivity contribution in [1.29, 1.82) is 0 Å². The van der Waals surface area contributed by atoms with E-state index in [0.717, 1.165) is 37.2 Å². The Bertz CT molecular complexity index is 214. The minimum absolute atomic E-state index is 0.0312. The number of hydrogen-bond donors (Lipinski definition) is 0. The van der Waals surface area contributed by atoms with Gasteiger partial charge in [0.1, 0.15) is 0 Å². The average molecular weight is 419 g/mol. The summed E-state index contributed by atoms with van der Waals surface area (Å²) in [5, 5.41) is 0. The van der Waals surface area contributed by atoms with Crippen LogP contribution in [-0.2, 0) is 18.9 Å². The predicted octanol–water partition coefficient (Wildman–Crippen LogP) is 6.02. The summed E-state index contributed by atoms with van der Waals surface area (Å²) in [4.78, 5) is 0. The van der Waals surface area contributed by atoms with Crippen molar-refractivity contribution >= 4 is 41.2 Å². The Balaban J connectivity index is 3.38. The molecule has 0 heterocycles. The Hall–Kier alpha value is 1.24. The fourth-order valence-corrected chi connectivity index (χ4v) is 8.09. The van der Waals surface area contributed by atoms with Crippen molar-refractivity contribution in [1.82, 2.24) is 0 Å². The minimum Gasteiger partial charge on any atom is -0.353 e. The number of hydrogen-bond acceptors (Lipinski definition) is 8. The van der Waals surface area contributed by atoms with Gasteiger partial charge in [-0.05, 0) is 73.0 Å². The van der Waals surface area contributed by atoms with Crippen LogP contribution in [0.25, 0.3) is 0 Å². The van der Waals surface area contributed by atoms with Gasteiger partial charge in [-0.2, -0.15) is 0 Å². The maximum Gasteiger partial charge on any atom is 0.157 e. The van der Waals surface area contributed by atoms with E-state index in [1.165, 1.54) is 0 Å². The maximum absolute atomic E-state index is 5.54. The standard InChI is InChI=1S/C16H34O4S4/c1-5-17-15(18-6-2)11-9-13-21-23-24-22-14-10-12-16(19-7-3)20-8-4/h15-16H,5-14H2,1-4H3. The molecule has 0 aromatic carbocycles. The van der Waals surface area contributed by atoms with Crippen molar-refractivity contribution in [3.63, 3.8) is 0 Å². The zero-order valence-corrected chi connectivity index (χ0v) is 18.8. The van der Waals surface area contributed by atoms with Gasteiger partial charge in [0, 0.05) is 37.9 Å². The summed E-state index contributed by atoms with van der Waals surface area (Å²) in [7, 11) is 7.55. The number of ether oxygens (including phenoxy) is 4. The van der Waals surface area contributed by atoms with E-state index in [9.17, 15) is 0 Å². The molecule has 4 nitrogen and oxygen atoms in total. The van der Waals surface area contributed by atoms with Crippen molar-refractivity contribution in [2.24, 2.45) is 0 Å². The van der Waals surface area contributed by atoms with Gasteiger partial charge in [0.25, 0.3) is 0 Å². The Morgan fingerprint density at radius 2 is 0.917 bits per heavy atom. The fourth-order valence-electron chi connectivity index (χ4n) is 1.90. The first-order valence-electron chi connectivity index (χ1n) is 8.82. The van der Waals surface area contributed by atoms with Crippen molar-refractivity contribution in [3.8, 4) is 0 Å². The highest BCUT2D eigenvalue weighted by Crippen LogP contribution is 2.43. The van der Waals surface area contributed by atoms with Gasteiger partial charge in [0.2, 0.25) is 0 Å². The van der Waals surface area contributed by atoms with Crippen LogP contribution in [0.3, 0.4) is 0 Å². The van der Waals surface area contributed by atoms with Crippen LogP contribution in [0.4, 0.5) is 0 Å². The van der Waals surface area contributed by atoms with Gasteiger partial charge in [0.15, 0.2) is 12.6 Å². The zero-order chi connectivity index (χ0) is 17.9. The minimum atomic E-state index is -0.0312. The van der Waals surface area contributed by atoms with Gasteiger partial charge in [0.05, 0.1) is 0 Å². The van der Waals surface area contributed by atoms with Gasteiger partial charge in [-0.25, -0.2) is 0 Å². The molecule has 146 valence electrons. The molecule has 0 spiro atoms. The second-order valence-corrected chi connectivity index (χ2v) is 11.0. The quantitative estimate of drug-likeness (QED) is 0.143. The topological polar surface area (TPSA) is 36.9 Å². The molecule has 0 saturated carbocycles. The molecular weight excluding hydrogens is 384 g/mol. The summed E-state index contributed by atoms with van der Waals surface area (Å²) >= 11 is 0. The monoisotopic (exact) mass is 418 g/mol. The molecule has 8 heteroatoms. The van der Waals surface area contributed by atoms with Crippen LogP contribution in [0.5, 0.6) is 0 Å². The second-order valence-electron chi connectivity index (χ2n) is 4.74. The molecule has 0 fully saturated rings. The van der Waals surface area contributed by atoms with Crippen LogP contribution in [-0.4, -0.2) is 50.5 Å². The van der Waals surface area contributed by atoms with Crippen LogP contribution in [0.15, 0.2) is 0 Å². The van der Waals surface area contributed by atoms with E-state index in [4.69, 9.17) is 18.9 Å². The lowest BCUT2D eigenvalue weighted by Crippen LogP contribution is -2.17. The molecule has 0 saturated heterocycles. The molecule has 0 radical (unpaired) electrons. The third kappa shape index (κ3) is 16.7. The van der Waals surface area contributed by atoms with Gasteiger partial charge in [-0.15, -0.1) is 0 Å². The largest absolute Gasteiger partial charge is 0.353 e. The molecule has 0 rings (SSSR count). The first kappa shape index (κ1) is 25.2. The highest BCUT2D eigenvalue weighted by molar-refractivity contribution is 9.26. The van der Waals surface area contributed by atoms with Crippen molar-refractivity contribution in [2.75, 3.05) is 37.9 Å². The van der Waals surface area contributed by atoms with Gasteiger partial charge in [-0.3, -0.25) is 0 Å². The first-order valence-corrected chi connectivity index (χ1v) is 14.0. The Morgan fingerprint density at radius 3 is 1.21 bits per heavy atom. The van der Waals surface area contributed by atoms with Crippen molar-refractivity contribution in [3.05, 3.63) is 0 Å². The van der Waals surface area contributed by atoms with E-state index >= 15 is 0 Å². The summed E-state index contributed by atoms with van der Waals surface area (Å²) in [6.07, 6.45) is 4.13. The van der Waals surface area contributed by atoms with E-state index in [2.05, 4.69) is 0 Å². The van der Waals surface area contributed by atoms with E-state index in [0.29, 0.717) is 26.4 Å². The Labute approximate surface area is 163 Å². The summed E-state index contributed by atoms with van der Waals surface area (Å²) in [5.41, 5.74) is 0.